The van der Waals surface area contributed by atoms with Crippen LogP contribution in [0.25, 0.3) is 23.1 Å². The van der Waals surface area contributed by atoms with Crippen LogP contribution in [0.5, 0.6) is 0 Å². The lowest BCUT2D eigenvalue weighted by Crippen LogP contribution is -2.38. The van der Waals surface area contributed by atoms with Crippen molar-refractivity contribution in [3.63, 3.8) is 0 Å². The fourth-order valence-corrected chi connectivity index (χ4v) is 4.97. The van der Waals surface area contributed by atoms with Crippen molar-refractivity contribution in [2.45, 2.75) is 38.1 Å². The predicted molar refractivity (Wildman–Crippen MR) is 130 cm³/mol. The highest BCUT2D eigenvalue weighted by atomic mass is 19.1. The molecule has 0 bridgehead atoms. The van der Waals surface area contributed by atoms with Crippen LogP contribution >= 0.6 is 0 Å². The minimum absolute atomic E-state index is 0.00234. The van der Waals surface area contributed by atoms with Gasteiger partial charge in [-0.2, -0.15) is 0 Å². The number of carbonyl (C=O) groups excluding carboxylic acids is 1. The highest BCUT2D eigenvalue weighted by molar-refractivity contribution is 5.96. The number of rotatable bonds is 4. The van der Waals surface area contributed by atoms with Gasteiger partial charge in [0.15, 0.2) is 11.5 Å². The molecule has 1 atom stereocenters. The van der Waals surface area contributed by atoms with E-state index in [1.807, 2.05) is 17.0 Å². The molecule has 4 aromatic rings. The van der Waals surface area contributed by atoms with Crippen molar-refractivity contribution >= 4 is 17.6 Å². The molecule has 0 saturated heterocycles. The van der Waals surface area contributed by atoms with E-state index in [1.165, 1.54) is 17.2 Å². The topological polar surface area (TPSA) is 50.5 Å². The van der Waals surface area contributed by atoms with Crippen LogP contribution in [0.2, 0.25) is 0 Å². The SMILES string of the molecule is C=Cc1ccc(-c2nc3cc(C(=O)N4CCc5ccccc5[C@H]4C)cc(C4CC4)n3n2)c(F)c1. The van der Waals surface area contributed by atoms with E-state index in [4.69, 9.17) is 0 Å². The quantitative estimate of drug-likeness (QED) is 0.392. The van der Waals surface area contributed by atoms with Crippen LogP contribution in [0.15, 0.2) is 61.2 Å². The third kappa shape index (κ3) is 3.41. The molecule has 0 spiro atoms. The van der Waals surface area contributed by atoms with E-state index in [1.54, 1.807) is 28.8 Å². The average molecular weight is 453 g/mol. The van der Waals surface area contributed by atoms with Crippen molar-refractivity contribution < 1.29 is 9.18 Å². The first kappa shape index (κ1) is 20.8. The fourth-order valence-electron chi connectivity index (χ4n) is 4.97. The molecule has 1 saturated carbocycles. The lowest BCUT2D eigenvalue weighted by Gasteiger charge is -2.35. The summed E-state index contributed by atoms with van der Waals surface area (Å²) >= 11 is 0. The molecule has 1 fully saturated rings. The second-order valence-corrected chi connectivity index (χ2v) is 9.22. The smallest absolute Gasteiger partial charge is 0.254 e. The van der Waals surface area contributed by atoms with Gasteiger partial charge in [0.25, 0.3) is 5.91 Å². The second-order valence-electron chi connectivity index (χ2n) is 9.22. The minimum Gasteiger partial charge on any atom is -0.332 e. The molecule has 2 aromatic carbocycles. The number of hydrogen-bond acceptors (Lipinski definition) is 3. The molecule has 3 heterocycles. The van der Waals surface area contributed by atoms with Crippen molar-refractivity contribution in [3.05, 3.63) is 94.9 Å². The van der Waals surface area contributed by atoms with Crippen LogP contribution in [0.3, 0.4) is 0 Å². The maximum Gasteiger partial charge on any atom is 0.254 e. The first-order valence-corrected chi connectivity index (χ1v) is 11.8. The second kappa shape index (κ2) is 7.90. The largest absolute Gasteiger partial charge is 0.332 e. The van der Waals surface area contributed by atoms with Crippen LogP contribution in [0.1, 0.15) is 64.5 Å². The Morgan fingerprint density at radius 2 is 1.97 bits per heavy atom. The van der Waals surface area contributed by atoms with E-state index in [-0.39, 0.29) is 11.9 Å². The van der Waals surface area contributed by atoms with E-state index in [0.717, 1.165) is 25.0 Å². The summed E-state index contributed by atoms with van der Waals surface area (Å²) in [7, 11) is 0. The Balaban J connectivity index is 1.41. The summed E-state index contributed by atoms with van der Waals surface area (Å²) in [5.74, 6) is 0.271. The number of aromatic nitrogens is 3. The molecule has 170 valence electrons. The summed E-state index contributed by atoms with van der Waals surface area (Å²) < 4.78 is 16.5. The molecule has 1 aliphatic heterocycles. The standard InChI is InChI=1S/C28H25FN4O/c1-3-18-8-11-23(24(29)14-18)27-30-26-16-21(15-25(20-9-10-20)33(26)31-27)28(34)32-13-12-19-6-4-5-7-22(19)17(32)2/h3-8,11,14-17,20H,1,9-10,12-13H2,2H3/t17-/m1/s1. The normalized spacial score (nSPS) is 17.6. The van der Waals surface area contributed by atoms with Gasteiger partial charge in [0.2, 0.25) is 0 Å². The van der Waals surface area contributed by atoms with E-state index < -0.39 is 5.82 Å². The Bertz CT molecular complexity index is 1450. The molecule has 0 unspecified atom stereocenters. The summed E-state index contributed by atoms with van der Waals surface area (Å²) in [6.07, 6.45) is 4.56. The van der Waals surface area contributed by atoms with Crippen LogP contribution in [-0.4, -0.2) is 31.9 Å². The molecule has 2 aliphatic rings. The van der Waals surface area contributed by atoms with Gasteiger partial charge in [0.05, 0.1) is 11.6 Å². The molecule has 2 aromatic heterocycles. The Morgan fingerprint density at radius 3 is 2.74 bits per heavy atom. The summed E-state index contributed by atoms with van der Waals surface area (Å²) in [5.41, 5.74) is 5.70. The molecule has 6 heteroatoms. The number of nitrogens with zero attached hydrogens (tertiary/aromatic N) is 4. The predicted octanol–water partition coefficient (Wildman–Crippen LogP) is 5.82. The highest BCUT2D eigenvalue weighted by Crippen LogP contribution is 2.41. The van der Waals surface area contributed by atoms with Crippen molar-refractivity contribution in [2.24, 2.45) is 0 Å². The fraction of sp³-hybridized carbons (Fsp3) is 0.250. The molecule has 5 nitrogen and oxygen atoms in total. The number of amides is 1. The molecule has 0 N–H and O–H groups in total. The van der Waals surface area contributed by atoms with Crippen LogP contribution < -0.4 is 0 Å². The number of pyridine rings is 1. The van der Waals surface area contributed by atoms with E-state index in [2.05, 4.69) is 41.8 Å². The maximum atomic E-state index is 14.7. The lowest BCUT2D eigenvalue weighted by molar-refractivity contribution is 0.0677. The number of benzene rings is 2. The highest BCUT2D eigenvalue weighted by Gasteiger charge is 2.32. The third-order valence-electron chi connectivity index (χ3n) is 7.03. The molecule has 34 heavy (non-hydrogen) atoms. The number of hydrogen-bond donors (Lipinski definition) is 0. The van der Waals surface area contributed by atoms with Crippen molar-refractivity contribution in [1.29, 1.82) is 0 Å². The first-order chi connectivity index (χ1) is 16.5. The summed E-state index contributed by atoms with van der Waals surface area (Å²) in [6, 6.07) is 17.0. The minimum atomic E-state index is -0.390. The number of carbonyl (C=O) groups is 1. The molecular weight excluding hydrogens is 427 g/mol. The zero-order valence-electron chi connectivity index (χ0n) is 19.0. The van der Waals surface area contributed by atoms with Crippen molar-refractivity contribution in [1.82, 2.24) is 19.5 Å². The maximum absolute atomic E-state index is 14.7. The molecule has 0 radical (unpaired) electrons. The van der Waals surface area contributed by atoms with E-state index in [9.17, 15) is 9.18 Å². The summed E-state index contributed by atoms with van der Waals surface area (Å²) in [4.78, 5) is 20.2. The summed E-state index contributed by atoms with van der Waals surface area (Å²) in [6.45, 7) is 6.46. The Labute approximate surface area is 197 Å². The summed E-state index contributed by atoms with van der Waals surface area (Å²) in [5, 5.41) is 4.63. The van der Waals surface area contributed by atoms with Gasteiger partial charge in [0.1, 0.15) is 5.82 Å². The van der Waals surface area contributed by atoms with Crippen molar-refractivity contribution in [3.8, 4) is 11.4 Å². The van der Waals surface area contributed by atoms with E-state index in [0.29, 0.717) is 40.6 Å². The molecule has 1 amide bonds. The zero-order chi connectivity index (χ0) is 23.4. The van der Waals surface area contributed by atoms with Gasteiger partial charge in [-0.15, -0.1) is 5.10 Å². The van der Waals surface area contributed by atoms with Gasteiger partial charge in [-0.05, 0) is 67.1 Å². The number of halogens is 1. The van der Waals surface area contributed by atoms with E-state index >= 15 is 0 Å². The van der Waals surface area contributed by atoms with Crippen LogP contribution in [-0.2, 0) is 6.42 Å². The lowest BCUT2D eigenvalue weighted by atomic mass is 9.93. The Hall–Kier alpha value is -3.80. The van der Waals surface area contributed by atoms with Crippen LogP contribution in [0.4, 0.5) is 4.39 Å². The molecule has 6 rings (SSSR count). The number of fused-ring (bicyclic) bond motifs is 2. The van der Waals surface area contributed by atoms with Crippen molar-refractivity contribution in [2.75, 3.05) is 6.54 Å². The molecule has 1 aliphatic carbocycles. The average Bonchev–Trinajstić information content (AvgIpc) is 3.61. The van der Waals surface area contributed by atoms with Gasteiger partial charge in [-0.25, -0.2) is 13.9 Å². The first-order valence-electron chi connectivity index (χ1n) is 11.8. The third-order valence-corrected chi connectivity index (χ3v) is 7.03. The van der Waals surface area contributed by atoms with Crippen LogP contribution in [0, 0.1) is 5.82 Å². The van der Waals surface area contributed by atoms with Gasteiger partial charge < -0.3 is 4.90 Å². The van der Waals surface area contributed by atoms with Gasteiger partial charge in [-0.1, -0.05) is 43.0 Å². The van der Waals surface area contributed by atoms with Gasteiger partial charge in [0, 0.05) is 23.7 Å². The van der Waals surface area contributed by atoms with Gasteiger partial charge in [-0.3, -0.25) is 4.79 Å². The van der Waals surface area contributed by atoms with Gasteiger partial charge >= 0.3 is 0 Å². The monoisotopic (exact) mass is 452 g/mol. The Morgan fingerprint density at radius 1 is 1.15 bits per heavy atom. The zero-order valence-corrected chi connectivity index (χ0v) is 19.0. The Kier molecular flexibility index (Phi) is 4.83. The molecular formula is C28H25FN4O.